The van der Waals surface area contributed by atoms with Crippen LogP contribution in [0, 0.1) is 5.92 Å². The Morgan fingerprint density at radius 3 is 1.69 bits per heavy atom. The van der Waals surface area contributed by atoms with E-state index in [4.69, 9.17) is 60.0 Å². The van der Waals surface area contributed by atoms with Gasteiger partial charge in [-0.25, -0.2) is 0 Å². The molecule has 528 valence electrons. The van der Waals surface area contributed by atoms with Crippen molar-refractivity contribution < 1.29 is 64.8 Å². The first-order chi connectivity index (χ1) is 41.6. The largest absolute Gasteiger partial charge is 0.414 e. The van der Waals surface area contributed by atoms with Gasteiger partial charge in [0.1, 0.15) is 30.2 Å². The first kappa shape index (κ1) is 80.2. The van der Waals surface area contributed by atoms with E-state index in [-0.39, 0.29) is 123 Å². The number of hydrogen-bond acceptors (Lipinski definition) is 14. The molecule has 6 rings (SSSR count). The molecule has 6 aliphatic rings. The third kappa shape index (κ3) is 20.9. The van der Waals surface area contributed by atoms with Crippen LogP contribution in [-0.2, 0) is 64.8 Å². The molecule has 6 fully saturated rings. The lowest BCUT2D eigenvalue weighted by Gasteiger charge is -2.56. The summed E-state index contributed by atoms with van der Waals surface area (Å²) in [5.41, 5.74) is 2.22. The number of ether oxygens (including phenoxy) is 8. The molecule has 0 aromatic carbocycles. The number of carbonyl (C=O) groups is 1. The highest BCUT2D eigenvalue weighted by Crippen LogP contribution is 2.49. The summed E-state index contributed by atoms with van der Waals surface area (Å²) in [6.07, 6.45) is 6.73. The van der Waals surface area contributed by atoms with Gasteiger partial charge in [0.15, 0.2) is 47.9 Å². The average Bonchev–Trinajstić information content (AvgIpc) is 1.42. The van der Waals surface area contributed by atoms with Gasteiger partial charge in [-0.15, -0.1) is 0 Å². The Morgan fingerprint density at radius 1 is 0.582 bits per heavy atom. The lowest BCUT2D eigenvalue weighted by molar-refractivity contribution is -0.266. The first-order valence-electron chi connectivity index (χ1n) is 35.1. The number of fused-ring (bicyclic) bond motifs is 1. The van der Waals surface area contributed by atoms with Crippen LogP contribution in [0.4, 0.5) is 0 Å². The third-order valence-corrected chi connectivity index (χ3v) is 46.5. The van der Waals surface area contributed by atoms with Gasteiger partial charge in [-0.05, 0) is 163 Å². The quantitative estimate of drug-likeness (QED) is 0.0417. The van der Waals surface area contributed by atoms with Crippen molar-refractivity contribution in [1.29, 1.82) is 0 Å². The summed E-state index contributed by atoms with van der Waals surface area (Å²) in [5.74, 6) is -0.141. The first-order valence-corrected chi connectivity index (χ1v) is 50.9. The summed E-state index contributed by atoms with van der Waals surface area (Å²) < 4.78 is 93.3. The van der Waals surface area contributed by atoms with Gasteiger partial charge in [-0.3, -0.25) is 4.79 Å². The normalized spacial score (nSPS) is 31.6. The second-order valence-electron chi connectivity index (χ2n) is 35.7. The van der Waals surface area contributed by atoms with Crippen LogP contribution >= 0.6 is 22.6 Å². The molecule has 6 unspecified atom stereocenters. The smallest absolute Gasteiger partial charge is 0.193 e. The summed E-state index contributed by atoms with van der Waals surface area (Å²) in [5, 5.41) is -0.246. The molecule has 0 amide bonds. The van der Waals surface area contributed by atoms with Crippen molar-refractivity contribution in [2.45, 2.75) is 376 Å². The maximum Gasteiger partial charge on any atom is 0.193 e. The second-order valence-corrected chi connectivity index (χ2v) is 60.3. The number of Topliss-reactive ketones (excluding diaryl/α,β-unsaturated/α-hetero) is 1. The molecule has 0 spiro atoms. The number of rotatable bonds is 28. The molecule has 91 heavy (non-hydrogen) atoms. The van der Waals surface area contributed by atoms with Crippen LogP contribution in [0.5, 0.6) is 0 Å². The van der Waals surface area contributed by atoms with Gasteiger partial charge < -0.3 is 60.0 Å². The third-order valence-electron chi connectivity index (χ3n) is 23.6. The van der Waals surface area contributed by atoms with E-state index in [9.17, 15) is 0 Å². The Hall–Kier alpha value is 0.184. The summed E-state index contributed by atoms with van der Waals surface area (Å²) in [6.45, 7) is 68.4. The number of ketones is 1. The van der Waals surface area contributed by atoms with E-state index in [0.717, 1.165) is 56.1 Å². The molecule has 6 aliphatic heterocycles. The molecule has 0 aromatic heterocycles. The van der Waals surface area contributed by atoms with Crippen molar-refractivity contribution in [2.75, 3.05) is 26.9 Å². The number of carbonyl (C=O) groups excluding carboxylic acids is 1. The molecule has 0 radical (unpaired) electrons. The zero-order valence-corrected chi connectivity index (χ0v) is 69.4. The summed E-state index contributed by atoms with van der Waals surface area (Å²) in [7, 11) is -10.0. The fraction of sp³-hybridized carbons (Fsp3) is 0.901. The van der Waals surface area contributed by atoms with Gasteiger partial charge in [0.05, 0.1) is 87.0 Å². The van der Waals surface area contributed by atoms with Crippen molar-refractivity contribution in [1.82, 2.24) is 0 Å². The van der Waals surface area contributed by atoms with Crippen molar-refractivity contribution in [3.63, 3.8) is 0 Å². The zero-order chi connectivity index (χ0) is 68.5. The predicted octanol–water partition coefficient (Wildman–Crippen LogP) is 18.1. The predicted molar refractivity (Wildman–Crippen MR) is 391 cm³/mol. The van der Waals surface area contributed by atoms with Crippen molar-refractivity contribution in [2.24, 2.45) is 5.92 Å². The van der Waals surface area contributed by atoms with E-state index in [1.54, 1.807) is 7.11 Å². The number of halogens is 1. The Kier molecular flexibility index (Phi) is 27.6. The number of methoxy groups -OCH3 is 1. The van der Waals surface area contributed by atoms with Gasteiger partial charge in [0.25, 0.3) is 0 Å². The van der Waals surface area contributed by atoms with Crippen LogP contribution in [0.15, 0.2) is 34.5 Å². The SMILES string of the molecule is C=C1C[C@H](CCC2OCCO2)O[C@H]1CC[C@H]1CCC(=C)[C@@H](C[C@@H]2O[C@H](C[C@@H](CO[Si](C)(C)C(C)(C)C)O[Si](C)(C)C(C)(C)C)C(OC)[C@H]2CC(=O)C[C@H]2CC[C@@H]3OC(C(/C=C/I)O[Si](C)(C)C(C)(C)C)C(O[Si](C)(C)C(C)(C)C)C(O[Si](C)(C)C(C)(C)C)C3O2)O1. The molecule has 6 saturated heterocycles. The maximum atomic E-state index is 15.4. The summed E-state index contributed by atoms with van der Waals surface area (Å²) in [4.78, 5) is 15.4. The van der Waals surface area contributed by atoms with Crippen LogP contribution in [0.1, 0.15) is 187 Å². The lowest BCUT2D eigenvalue weighted by Crippen LogP contribution is -2.69. The Balaban J connectivity index is 1.30. The molecule has 0 bridgehead atoms. The van der Waals surface area contributed by atoms with Gasteiger partial charge >= 0.3 is 0 Å². The highest BCUT2D eigenvalue weighted by Gasteiger charge is 2.59. The fourth-order valence-corrected chi connectivity index (χ4v) is 19.2. The highest BCUT2D eigenvalue weighted by atomic mass is 127. The van der Waals surface area contributed by atoms with Gasteiger partial charge in [0, 0.05) is 45.1 Å². The molecule has 20 heteroatoms. The van der Waals surface area contributed by atoms with E-state index in [0.29, 0.717) is 45.5 Å². The Bertz CT molecular complexity index is 2400. The molecular formula is C71H133IO14Si5. The second kappa shape index (κ2) is 31.4. The highest BCUT2D eigenvalue weighted by molar-refractivity contribution is 14.1. The van der Waals surface area contributed by atoms with Crippen molar-refractivity contribution in [3.05, 3.63) is 34.5 Å². The van der Waals surface area contributed by atoms with Crippen molar-refractivity contribution in [3.8, 4) is 0 Å². The molecule has 6 heterocycles. The fourth-order valence-electron chi connectivity index (χ4n) is 12.5. The van der Waals surface area contributed by atoms with Gasteiger partial charge in [0.2, 0.25) is 0 Å². The lowest BCUT2D eigenvalue weighted by atomic mass is 9.83. The summed E-state index contributed by atoms with van der Waals surface area (Å²) >= 11 is 2.32. The number of hydrogen-bond donors (Lipinski definition) is 0. The van der Waals surface area contributed by atoms with Crippen LogP contribution in [-0.4, -0.2) is 172 Å². The van der Waals surface area contributed by atoms with E-state index >= 15 is 4.79 Å². The molecule has 16 atom stereocenters. The zero-order valence-electron chi connectivity index (χ0n) is 62.3. The van der Waals surface area contributed by atoms with E-state index in [1.807, 2.05) is 0 Å². The standard InChI is InChI=1S/C71H133IO14Si5/c1-47-29-30-50(31-34-55-48(2)41-51(79-55)33-36-61-75-39-40-76-61)78-58(47)45-59-54(62(74-18)60(81-59)44-53(83-88(21,22)68(6,7)8)46-77-87(19,20)67(3,4)5)43-49(73)42-52-32-35-56-63(80-52)65(85-90(25,26)70(12,13)14)66(86-91(27,28)71(15,16)17)64(82-56)57(37-38-72)84-89(23,24)69(9,10)11/h37-38,50-66H,1-2,29-36,39-46H2,3-28H3/b38-37+/t50-,51+,52-,53+,54+,55+,56+,57?,58-,59+,60-,62?,63?,64?,65?,66?/m1/s1. The molecule has 0 N–H and O–H groups in total. The van der Waals surface area contributed by atoms with Crippen LogP contribution in [0.25, 0.3) is 0 Å². The molecule has 0 saturated carbocycles. The minimum absolute atomic E-state index is 0.00186. The molecule has 0 aliphatic carbocycles. The molecule has 14 nitrogen and oxygen atoms in total. The molecular weight excluding hydrogens is 1340 g/mol. The summed E-state index contributed by atoms with van der Waals surface area (Å²) in [6, 6.07) is 0. The van der Waals surface area contributed by atoms with Gasteiger partial charge in [-0.1, -0.05) is 140 Å². The van der Waals surface area contributed by atoms with E-state index in [2.05, 4.69) is 215 Å². The van der Waals surface area contributed by atoms with Crippen LogP contribution < -0.4 is 0 Å². The van der Waals surface area contributed by atoms with Crippen LogP contribution in [0.3, 0.4) is 0 Å². The van der Waals surface area contributed by atoms with Crippen LogP contribution in [0.2, 0.25) is 90.7 Å². The minimum Gasteiger partial charge on any atom is -0.414 e. The van der Waals surface area contributed by atoms with E-state index in [1.165, 1.54) is 0 Å². The Morgan fingerprint density at radius 2 is 1.13 bits per heavy atom. The molecule has 0 aromatic rings. The average molecular weight is 1480 g/mol. The maximum absolute atomic E-state index is 15.4. The monoisotopic (exact) mass is 1480 g/mol. The van der Waals surface area contributed by atoms with E-state index < -0.39 is 66.0 Å². The van der Waals surface area contributed by atoms with Gasteiger partial charge in [-0.2, -0.15) is 0 Å². The minimum atomic E-state index is -2.50. The van der Waals surface area contributed by atoms with Crippen molar-refractivity contribution >= 4 is 70.0 Å². The topological polar surface area (TPSA) is 137 Å². The Labute approximate surface area is 574 Å².